The molecule has 0 fully saturated rings. The second kappa shape index (κ2) is 9.75. The van der Waals surface area contributed by atoms with Gasteiger partial charge in [-0.05, 0) is 61.4 Å². The van der Waals surface area contributed by atoms with Crippen LogP contribution in [0.3, 0.4) is 0 Å². The maximum Gasteiger partial charge on any atom is 0.0903 e. The Bertz CT molecular complexity index is 1110. The van der Waals surface area contributed by atoms with Gasteiger partial charge < -0.3 is 15.6 Å². The minimum Gasteiger partial charge on any atom is -0.381 e. The van der Waals surface area contributed by atoms with Crippen LogP contribution < -0.4 is 21.1 Å². The minimum absolute atomic E-state index is 0.180. The lowest BCUT2D eigenvalue weighted by molar-refractivity contribution is 0.779. The van der Waals surface area contributed by atoms with Gasteiger partial charge in [0.1, 0.15) is 0 Å². The van der Waals surface area contributed by atoms with Crippen molar-refractivity contribution >= 4 is 28.3 Å². The van der Waals surface area contributed by atoms with Gasteiger partial charge in [-0.2, -0.15) is 0 Å². The van der Waals surface area contributed by atoms with E-state index in [1.54, 1.807) is 0 Å². The second-order valence-corrected chi connectivity index (χ2v) is 8.27. The quantitative estimate of drug-likeness (QED) is 0.398. The fourth-order valence-corrected chi connectivity index (χ4v) is 4.02. The first kappa shape index (κ1) is 21.7. The van der Waals surface area contributed by atoms with Crippen molar-refractivity contribution in [2.24, 2.45) is 0 Å². The van der Waals surface area contributed by atoms with Gasteiger partial charge >= 0.3 is 0 Å². The lowest BCUT2D eigenvalue weighted by Gasteiger charge is -2.32. The van der Waals surface area contributed by atoms with E-state index in [0.29, 0.717) is 6.67 Å². The number of hydrogen-bond acceptors (Lipinski definition) is 4. The molecule has 164 valence electrons. The highest BCUT2D eigenvalue weighted by atomic mass is 15.4. The summed E-state index contributed by atoms with van der Waals surface area (Å²) in [7, 11) is 0. The van der Waals surface area contributed by atoms with E-state index in [0.717, 1.165) is 34.7 Å². The highest BCUT2D eigenvalue weighted by molar-refractivity contribution is 5.81. The molecule has 0 amide bonds. The van der Waals surface area contributed by atoms with Gasteiger partial charge in [-0.25, -0.2) is 5.43 Å². The summed E-state index contributed by atoms with van der Waals surface area (Å²) in [4.78, 5) is 2.31. The Kier molecular flexibility index (Phi) is 6.62. The highest BCUT2D eigenvalue weighted by Gasteiger charge is 2.22. The van der Waals surface area contributed by atoms with Crippen LogP contribution in [0.2, 0.25) is 0 Å². The summed E-state index contributed by atoms with van der Waals surface area (Å²) in [5, 5.41) is 3.48. The Balaban J connectivity index is 1.69. The molecule has 0 saturated carbocycles. The number of allylic oxidation sites excluding steroid dienone is 2. The first-order valence-corrected chi connectivity index (χ1v) is 11.2. The molecule has 3 aromatic rings. The van der Waals surface area contributed by atoms with Crippen molar-refractivity contribution in [1.29, 1.82) is 0 Å². The van der Waals surface area contributed by atoms with Crippen LogP contribution in [-0.2, 0) is 0 Å². The van der Waals surface area contributed by atoms with Gasteiger partial charge in [-0.3, -0.25) is 0 Å². The fourth-order valence-electron chi connectivity index (χ4n) is 4.02. The number of rotatable bonds is 4. The summed E-state index contributed by atoms with van der Waals surface area (Å²) in [5.74, 6) is 0.180. The molecule has 0 spiro atoms. The molecule has 32 heavy (non-hydrogen) atoms. The van der Waals surface area contributed by atoms with Crippen LogP contribution in [0.25, 0.3) is 5.57 Å². The summed E-state index contributed by atoms with van der Waals surface area (Å²) >= 11 is 0. The molecule has 4 nitrogen and oxygen atoms in total. The summed E-state index contributed by atoms with van der Waals surface area (Å²) in [6.07, 6.45) is 2.13. The second-order valence-electron chi connectivity index (χ2n) is 8.27. The van der Waals surface area contributed by atoms with E-state index in [9.17, 15) is 0 Å². The normalized spacial score (nSPS) is 16.6. The standard InChI is InChI=1S/C28H32N4/c1-5-20(2)18-29-23-14-16-24(17-15-23)32-19-30-31-27-12-8-6-10-25(27)21(3)22(4)26-11-7-9-13-28(26)32/h5-17,22,29-31H,3,18-19H2,1-2,4H3/b20-5+. The third-order valence-corrected chi connectivity index (χ3v) is 6.19. The minimum atomic E-state index is 0.180. The molecule has 3 N–H and O–H groups in total. The van der Waals surface area contributed by atoms with Crippen molar-refractivity contribution in [2.45, 2.75) is 26.7 Å². The van der Waals surface area contributed by atoms with E-state index < -0.39 is 0 Å². The van der Waals surface area contributed by atoms with Gasteiger partial charge in [0.05, 0.1) is 12.4 Å². The van der Waals surface area contributed by atoms with Crippen molar-refractivity contribution < 1.29 is 0 Å². The molecular formula is C28H32N4. The summed E-state index contributed by atoms with van der Waals surface area (Å²) in [5.41, 5.74) is 16.1. The molecule has 1 atom stereocenters. The van der Waals surface area contributed by atoms with Crippen LogP contribution in [0.4, 0.5) is 22.7 Å². The largest absolute Gasteiger partial charge is 0.381 e. The van der Waals surface area contributed by atoms with E-state index >= 15 is 0 Å². The molecule has 3 aromatic carbocycles. The first-order valence-electron chi connectivity index (χ1n) is 11.2. The lowest BCUT2D eigenvalue weighted by atomic mass is 9.87. The molecule has 0 bridgehead atoms. The summed E-state index contributed by atoms with van der Waals surface area (Å²) < 4.78 is 0. The van der Waals surface area contributed by atoms with Crippen LogP contribution >= 0.6 is 0 Å². The number of anilines is 4. The number of nitrogens with one attached hydrogen (secondary N) is 3. The van der Waals surface area contributed by atoms with Gasteiger partial charge in [-0.1, -0.05) is 61.5 Å². The smallest absolute Gasteiger partial charge is 0.0903 e. The molecule has 0 saturated heterocycles. The number of nitrogens with zero attached hydrogens (tertiary/aromatic N) is 1. The third-order valence-electron chi connectivity index (χ3n) is 6.19. The van der Waals surface area contributed by atoms with E-state index in [4.69, 9.17) is 0 Å². The Morgan fingerprint density at radius 3 is 2.56 bits per heavy atom. The van der Waals surface area contributed by atoms with Crippen molar-refractivity contribution in [2.75, 3.05) is 28.9 Å². The van der Waals surface area contributed by atoms with Gasteiger partial charge in [0.2, 0.25) is 0 Å². The predicted octanol–water partition coefficient (Wildman–Crippen LogP) is 6.91. The zero-order valence-electron chi connectivity index (χ0n) is 19.2. The van der Waals surface area contributed by atoms with Gasteiger partial charge in [0.25, 0.3) is 0 Å². The average Bonchev–Trinajstić information content (AvgIpc) is 2.84. The van der Waals surface area contributed by atoms with Gasteiger partial charge in [-0.15, -0.1) is 0 Å². The number of hydrazine groups is 1. The molecule has 4 heteroatoms. The van der Waals surface area contributed by atoms with Crippen LogP contribution in [0, 0.1) is 0 Å². The van der Waals surface area contributed by atoms with Crippen LogP contribution in [0.15, 0.2) is 91.0 Å². The fraction of sp³-hybridized carbons (Fsp3) is 0.214. The SMILES string of the molecule is C=C1c2ccccc2NNCN(c2ccc(NC/C(C)=C/C)cc2)c2ccccc2C1C. The van der Waals surface area contributed by atoms with E-state index in [1.165, 1.54) is 16.8 Å². The zero-order valence-corrected chi connectivity index (χ0v) is 19.2. The molecule has 0 radical (unpaired) electrons. The van der Waals surface area contributed by atoms with Crippen molar-refractivity contribution in [1.82, 2.24) is 5.43 Å². The number of para-hydroxylation sites is 2. The maximum atomic E-state index is 4.46. The number of hydrogen-bond donors (Lipinski definition) is 3. The third kappa shape index (κ3) is 4.56. The molecule has 4 rings (SSSR count). The highest BCUT2D eigenvalue weighted by Crippen LogP contribution is 2.40. The topological polar surface area (TPSA) is 39.3 Å². The Morgan fingerprint density at radius 1 is 1.06 bits per heavy atom. The van der Waals surface area contributed by atoms with Crippen molar-refractivity contribution in [3.8, 4) is 0 Å². The maximum absolute atomic E-state index is 4.46. The van der Waals surface area contributed by atoms with E-state index in [2.05, 4.69) is 121 Å². The predicted molar refractivity (Wildman–Crippen MR) is 138 cm³/mol. The van der Waals surface area contributed by atoms with E-state index in [-0.39, 0.29) is 5.92 Å². The molecule has 1 heterocycles. The number of benzene rings is 3. The first-order chi connectivity index (χ1) is 15.6. The Hall–Kier alpha value is -3.50. The van der Waals surface area contributed by atoms with Gasteiger partial charge in [0.15, 0.2) is 0 Å². The zero-order chi connectivity index (χ0) is 22.5. The monoisotopic (exact) mass is 424 g/mol. The van der Waals surface area contributed by atoms with Gasteiger partial charge in [0, 0.05) is 35.1 Å². The average molecular weight is 425 g/mol. The van der Waals surface area contributed by atoms with Crippen LogP contribution in [-0.4, -0.2) is 13.2 Å². The Morgan fingerprint density at radius 2 is 1.78 bits per heavy atom. The molecule has 1 aliphatic rings. The van der Waals surface area contributed by atoms with Crippen LogP contribution in [0.5, 0.6) is 0 Å². The molecule has 1 unspecified atom stereocenters. The van der Waals surface area contributed by atoms with E-state index in [1.807, 2.05) is 6.07 Å². The summed E-state index contributed by atoms with van der Waals surface area (Å²) in [6, 6.07) is 25.6. The lowest BCUT2D eigenvalue weighted by Crippen LogP contribution is -2.35. The molecule has 0 aliphatic carbocycles. The molecular weight excluding hydrogens is 392 g/mol. The number of fused-ring (bicyclic) bond motifs is 2. The summed E-state index contributed by atoms with van der Waals surface area (Å²) in [6.45, 7) is 12.4. The Labute approximate surface area is 191 Å². The van der Waals surface area contributed by atoms with Crippen molar-refractivity contribution in [3.05, 3.63) is 102 Å². The van der Waals surface area contributed by atoms with Crippen LogP contribution in [0.1, 0.15) is 37.8 Å². The molecule has 0 aromatic heterocycles. The van der Waals surface area contributed by atoms with Crippen molar-refractivity contribution in [3.63, 3.8) is 0 Å². The molecule has 1 aliphatic heterocycles.